The topological polar surface area (TPSA) is 38.0 Å². The van der Waals surface area contributed by atoms with E-state index in [0.717, 1.165) is 24.1 Å². The summed E-state index contributed by atoms with van der Waals surface area (Å²) in [7, 11) is 1.89. The molecule has 3 heteroatoms. The molecule has 0 aromatic carbocycles. The van der Waals surface area contributed by atoms with Gasteiger partial charge in [-0.1, -0.05) is 13.8 Å². The molecule has 0 unspecified atom stereocenters. The van der Waals surface area contributed by atoms with Gasteiger partial charge in [-0.2, -0.15) is 5.10 Å². The van der Waals surface area contributed by atoms with Gasteiger partial charge in [-0.05, 0) is 18.8 Å². The number of aliphatic hydroxyl groups excluding tert-OH is 1. The van der Waals surface area contributed by atoms with Crippen molar-refractivity contribution in [2.75, 3.05) is 0 Å². The number of aromatic nitrogens is 2. The Hall–Kier alpha value is -0.830. The third-order valence-corrected chi connectivity index (χ3v) is 2.12. The number of rotatable bonds is 4. The Bertz CT molecular complexity index is 266. The Morgan fingerprint density at radius 2 is 2.23 bits per heavy atom. The van der Waals surface area contributed by atoms with Crippen LogP contribution in [0.3, 0.4) is 0 Å². The highest BCUT2D eigenvalue weighted by Crippen LogP contribution is 2.11. The maximum Gasteiger partial charge on any atom is 0.0715 e. The quantitative estimate of drug-likeness (QED) is 0.766. The van der Waals surface area contributed by atoms with Crippen LogP contribution in [-0.2, 0) is 20.1 Å². The average Bonchev–Trinajstić information content (AvgIpc) is 2.42. The molecule has 74 valence electrons. The standard InChI is InChI=1S/C10H18N2O/c1-8(2)4-5-10-9(7-13)6-12(3)11-10/h6,8,13H,4-5,7H2,1-3H3. The molecule has 0 aliphatic heterocycles. The summed E-state index contributed by atoms with van der Waals surface area (Å²) in [4.78, 5) is 0. The van der Waals surface area contributed by atoms with Crippen molar-refractivity contribution in [1.29, 1.82) is 0 Å². The Labute approximate surface area is 79.4 Å². The van der Waals surface area contributed by atoms with Crippen molar-refractivity contribution in [3.63, 3.8) is 0 Å². The minimum absolute atomic E-state index is 0.0985. The van der Waals surface area contributed by atoms with E-state index in [1.54, 1.807) is 4.68 Å². The summed E-state index contributed by atoms with van der Waals surface area (Å²) < 4.78 is 1.77. The van der Waals surface area contributed by atoms with Crippen LogP contribution in [0.25, 0.3) is 0 Å². The predicted octanol–water partition coefficient (Wildman–Crippen LogP) is 1.50. The van der Waals surface area contributed by atoms with Crippen molar-refractivity contribution in [3.05, 3.63) is 17.5 Å². The molecule has 1 heterocycles. The molecule has 0 saturated carbocycles. The van der Waals surface area contributed by atoms with Crippen molar-refractivity contribution in [3.8, 4) is 0 Å². The van der Waals surface area contributed by atoms with E-state index >= 15 is 0 Å². The van der Waals surface area contributed by atoms with Crippen LogP contribution in [0.1, 0.15) is 31.5 Å². The van der Waals surface area contributed by atoms with Crippen LogP contribution in [0, 0.1) is 5.92 Å². The van der Waals surface area contributed by atoms with E-state index in [-0.39, 0.29) is 6.61 Å². The molecule has 0 aliphatic rings. The maximum atomic E-state index is 9.04. The zero-order valence-electron chi connectivity index (χ0n) is 8.62. The smallest absolute Gasteiger partial charge is 0.0715 e. The zero-order chi connectivity index (χ0) is 9.84. The lowest BCUT2D eigenvalue weighted by atomic mass is 10.0. The van der Waals surface area contributed by atoms with E-state index in [1.165, 1.54) is 0 Å². The van der Waals surface area contributed by atoms with E-state index in [2.05, 4.69) is 18.9 Å². The van der Waals surface area contributed by atoms with Gasteiger partial charge in [0.2, 0.25) is 0 Å². The second-order valence-corrected chi connectivity index (χ2v) is 3.87. The zero-order valence-corrected chi connectivity index (χ0v) is 8.62. The van der Waals surface area contributed by atoms with E-state index in [4.69, 9.17) is 5.11 Å². The predicted molar refractivity (Wildman–Crippen MR) is 52.3 cm³/mol. The normalized spacial score (nSPS) is 11.2. The summed E-state index contributed by atoms with van der Waals surface area (Å²) in [6.07, 6.45) is 3.98. The highest BCUT2D eigenvalue weighted by atomic mass is 16.3. The largest absolute Gasteiger partial charge is 0.392 e. The molecule has 0 saturated heterocycles. The molecule has 0 spiro atoms. The van der Waals surface area contributed by atoms with Gasteiger partial charge in [-0.3, -0.25) is 4.68 Å². The van der Waals surface area contributed by atoms with Crippen molar-refractivity contribution in [2.45, 2.75) is 33.3 Å². The van der Waals surface area contributed by atoms with Gasteiger partial charge in [-0.15, -0.1) is 0 Å². The first-order valence-electron chi connectivity index (χ1n) is 4.75. The van der Waals surface area contributed by atoms with E-state index in [1.807, 2.05) is 13.2 Å². The van der Waals surface area contributed by atoms with Gasteiger partial charge < -0.3 is 5.11 Å². The second-order valence-electron chi connectivity index (χ2n) is 3.87. The first-order chi connectivity index (χ1) is 6.13. The summed E-state index contributed by atoms with van der Waals surface area (Å²) in [5.41, 5.74) is 2.00. The Balaban J connectivity index is 2.64. The fourth-order valence-corrected chi connectivity index (χ4v) is 1.35. The molecule has 0 radical (unpaired) electrons. The summed E-state index contributed by atoms with van der Waals surface area (Å²) in [6.45, 7) is 4.49. The SMILES string of the molecule is CC(C)CCc1nn(C)cc1CO. The van der Waals surface area contributed by atoms with Gasteiger partial charge in [0.05, 0.1) is 12.3 Å². The molecule has 1 aromatic rings. The molecule has 1 rings (SSSR count). The maximum absolute atomic E-state index is 9.04. The fourth-order valence-electron chi connectivity index (χ4n) is 1.35. The molecule has 3 nitrogen and oxygen atoms in total. The summed E-state index contributed by atoms with van der Waals surface area (Å²) in [5.74, 6) is 0.688. The first-order valence-corrected chi connectivity index (χ1v) is 4.75. The van der Waals surface area contributed by atoms with Crippen LogP contribution in [0.4, 0.5) is 0 Å². The van der Waals surface area contributed by atoms with Crippen LogP contribution in [-0.4, -0.2) is 14.9 Å². The number of aryl methyl sites for hydroxylation is 2. The van der Waals surface area contributed by atoms with Crippen molar-refractivity contribution < 1.29 is 5.11 Å². The lowest BCUT2D eigenvalue weighted by Crippen LogP contribution is -1.97. The van der Waals surface area contributed by atoms with Gasteiger partial charge in [0.15, 0.2) is 0 Å². The van der Waals surface area contributed by atoms with E-state index in [0.29, 0.717) is 5.92 Å². The molecule has 1 aromatic heterocycles. The van der Waals surface area contributed by atoms with E-state index < -0.39 is 0 Å². The van der Waals surface area contributed by atoms with Crippen LogP contribution < -0.4 is 0 Å². The first kappa shape index (κ1) is 10.3. The lowest BCUT2D eigenvalue weighted by Gasteiger charge is -2.02. The van der Waals surface area contributed by atoms with Crippen molar-refractivity contribution in [2.24, 2.45) is 13.0 Å². The number of hydrogen-bond acceptors (Lipinski definition) is 2. The number of aliphatic hydroxyl groups is 1. The van der Waals surface area contributed by atoms with Crippen molar-refractivity contribution >= 4 is 0 Å². The number of nitrogens with zero attached hydrogens (tertiary/aromatic N) is 2. The monoisotopic (exact) mass is 182 g/mol. The second kappa shape index (κ2) is 4.42. The molecular formula is C10H18N2O. The summed E-state index contributed by atoms with van der Waals surface area (Å²) >= 11 is 0. The average molecular weight is 182 g/mol. The Morgan fingerprint density at radius 3 is 2.77 bits per heavy atom. The highest BCUT2D eigenvalue weighted by Gasteiger charge is 2.06. The van der Waals surface area contributed by atoms with Gasteiger partial charge >= 0.3 is 0 Å². The minimum Gasteiger partial charge on any atom is -0.392 e. The van der Waals surface area contributed by atoms with Crippen molar-refractivity contribution in [1.82, 2.24) is 9.78 Å². The molecule has 0 bridgehead atoms. The molecule has 0 aliphatic carbocycles. The van der Waals surface area contributed by atoms with Crippen LogP contribution in [0.2, 0.25) is 0 Å². The Morgan fingerprint density at radius 1 is 1.54 bits per heavy atom. The third kappa shape index (κ3) is 2.84. The molecule has 0 atom stereocenters. The van der Waals surface area contributed by atoms with Crippen LogP contribution >= 0.6 is 0 Å². The number of hydrogen-bond donors (Lipinski definition) is 1. The molecule has 0 fully saturated rings. The van der Waals surface area contributed by atoms with Gasteiger partial charge in [-0.25, -0.2) is 0 Å². The van der Waals surface area contributed by atoms with Gasteiger partial charge in [0.1, 0.15) is 0 Å². The third-order valence-electron chi connectivity index (χ3n) is 2.12. The van der Waals surface area contributed by atoms with Crippen LogP contribution in [0.15, 0.2) is 6.20 Å². The van der Waals surface area contributed by atoms with Gasteiger partial charge in [0, 0.05) is 18.8 Å². The highest BCUT2D eigenvalue weighted by molar-refractivity contribution is 5.15. The molecule has 13 heavy (non-hydrogen) atoms. The van der Waals surface area contributed by atoms with Gasteiger partial charge in [0.25, 0.3) is 0 Å². The lowest BCUT2D eigenvalue weighted by molar-refractivity contribution is 0.280. The minimum atomic E-state index is 0.0985. The summed E-state index contributed by atoms with van der Waals surface area (Å²) in [6, 6.07) is 0. The van der Waals surface area contributed by atoms with Crippen LogP contribution in [0.5, 0.6) is 0 Å². The summed E-state index contributed by atoms with van der Waals surface area (Å²) in [5, 5.41) is 13.4. The molecule has 0 amide bonds. The molecule has 1 N–H and O–H groups in total. The molecular weight excluding hydrogens is 164 g/mol. The fraction of sp³-hybridized carbons (Fsp3) is 0.700. The Kier molecular flexibility index (Phi) is 3.48. The van der Waals surface area contributed by atoms with E-state index in [9.17, 15) is 0 Å².